The van der Waals surface area contributed by atoms with Gasteiger partial charge in [0.2, 0.25) is 0 Å². The van der Waals surface area contributed by atoms with Crippen molar-refractivity contribution in [2.75, 3.05) is 6.54 Å². The number of hydrogen-bond acceptors (Lipinski definition) is 2. The second-order valence-electron chi connectivity index (χ2n) is 5.23. The van der Waals surface area contributed by atoms with Gasteiger partial charge >= 0.3 is 0 Å². The average molecular weight is 334 g/mol. The normalized spacial score (nSPS) is 14.1. The van der Waals surface area contributed by atoms with Crippen molar-refractivity contribution < 1.29 is 5.11 Å². The van der Waals surface area contributed by atoms with Crippen molar-refractivity contribution in [3.63, 3.8) is 0 Å². The molecular formula is C17H20BrNO. The highest BCUT2D eigenvalue weighted by Gasteiger charge is 2.23. The van der Waals surface area contributed by atoms with Crippen LogP contribution < -0.4 is 5.73 Å². The fourth-order valence-electron chi connectivity index (χ4n) is 2.45. The molecule has 0 aliphatic carbocycles. The van der Waals surface area contributed by atoms with E-state index in [0.717, 1.165) is 21.2 Å². The summed E-state index contributed by atoms with van der Waals surface area (Å²) in [6, 6.07) is 14.2. The fourth-order valence-corrected chi connectivity index (χ4v) is 2.94. The summed E-state index contributed by atoms with van der Waals surface area (Å²) < 4.78 is 0.918. The van der Waals surface area contributed by atoms with Gasteiger partial charge in [0.25, 0.3) is 0 Å². The Morgan fingerprint density at radius 2 is 1.80 bits per heavy atom. The highest BCUT2D eigenvalue weighted by atomic mass is 79.9. The lowest BCUT2D eigenvalue weighted by molar-refractivity contribution is 0.146. The molecule has 0 aromatic heterocycles. The van der Waals surface area contributed by atoms with Gasteiger partial charge < -0.3 is 10.8 Å². The van der Waals surface area contributed by atoms with E-state index in [1.807, 2.05) is 50.2 Å². The van der Waals surface area contributed by atoms with Gasteiger partial charge in [-0.3, -0.25) is 0 Å². The van der Waals surface area contributed by atoms with Crippen LogP contribution in [0.1, 0.15) is 34.3 Å². The zero-order valence-electron chi connectivity index (χ0n) is 11.8. The van der Waals surface area contributed by atoms with Crippen LogP contribution >= 0.6 is 15.9 Å². The minimum atomic E-state index is -0.615. The Hall–Kier alpha value is -1.16. The Morgan fingerprint density at radius 1 is 1.10 bits per heavy atom. The van der Waals surface area contributed by atoms with E-state index in [4.69, 9.17) is 5.73 Å². The Balaban J connectivity index is 2.38. The van der Waals surface area contributed by atoms with E-state index in [1.165, 1.54) is 5.56 Å². The third kappa shape index (κ3) is 3.29. The monoisotopic (exact) mass is 333 g/mol. The first-order valence-corrected chi connectivity index (χ1v) is 7.53. The molecule has 0 heterocycles. The molecule has 2 unspecified atom stereocenters. The first kappa shape index (κ1) is 15.2. The van der Waals surface area contributed by atoms with Gasteiger partial charge in [0.15, 0.2) is 0 Å². The summed E-state index contributed by atoms with van der Waals surface area (Å²) in [5.41, 5.74) is 10.2. The molecule has 0 aliphatic rings. The van der Waals surface area contributed by atoms with Crippen molar-refractivity contribution >= 4 is 15.9 Å². The van der Waals surface area contributed by atoms with Crippen molar-refractivity contribution in [3.05, 3.63) is 69.2 Å². The summed E-state index contributed by atoms with van der Waals surface area (Å²) in [4.78, 5) is 0. The summed E-state index contributed by atoms with van der Waals surface area (Å²) in [5.74, 6) is -0.104. The van der Waals surface area contributed by atoms with Crippen molar-refractivity contribution in [2.24, 2.45) is 5.73 Å². The molecule has 2 nitrogen and oxygen atoms in total. The Morgan fingerprint density at radius 3 is 2.45 bits per heavy atom. The van der Waals surface area contributed by atoms with Crippen LogP contribution in [0.15, 0.2) is 46.9 Å². The van der Waals surface area contributed by atoms with E-state index in [-0.39, 0.29) is 5.92 Å². The molecule has 0 amide bonds. The zero-order valence-corrected chi connectivity index (χ0v) is 13.4. The lowest BCUT2D eigenvalue weighted by Crippen LogP contribution is -2.20. The van der Waals surface area contributed by atoms with Crippen molar-refractivity contribution in [1.29, 1.82) is 0 Å². The van der Waals surface area contributed by atoms with E-state index in [0.29, 0.717) is 6.54 Å². The van der Waals surface area contributed by atoms with E-state index in [2.05, 4.69) is 22.0 Å². The number of aryl methyl sites for hydroxylation is 2. The molecule has 0 radical (unpaired) electrons. The highest BCUT2D eigenvalue weighted by Crippen LogP contribution is 2.34. The van der Waals surface area contributed by atoms with E-state index >= 15 is 0 Å². The van der Waals surface area contributed by atoms with E-state index in [1.54, 1.807) is 0 Å². The Kier molecular flexibility index (Phi) is 4.97. The fraction of sp³-hybridized carbons (Fsp3) is 0.294. The van der Waals surface area contributed by atoms with Crippen LogP contribution in [0.25, 0.3) is 0 Å². The largest absolute Gasteiger partial charge is 0.388 e. The summed E-state index contributed by atoms with van der Waals surface area (Å²) >= 11 is 3.51. The molecule has 2 aromatic rings. The molecule has 0 saturated heterocycles. The van der Waals surface area contributed by atoms with Crippen LogP contribution in [0.3, 0.4) is 0 Å². The molecule has 0 aliphatic heterocycles. The standard InChI is InChI=1S/C17H20BrNO/c1-11-4-3-5-13(8-11)15(10-19)17(20)14-9-12(2)6-7-16(14)18/h3-9,15,17,20H,10,19H2,1-2H3. The maximum atomic E-state index is 10.7. The van der Waals surface area contributed by atoms with Crippen molar-refractivity contribution in [3.8, 4) is 0 Å². The van der Waals surface area contributed by atoms with Crippen molar-refractivity contribution in [1.82, 2.24) is 0 Å². The molecule has 2 atom stereocenters. The third-order valence-corrected chi connectivity index (χ3v) is 4.30. The number of aliphatic hydroxyl groups is 1. The number of aliphatic hydroxyl groups excluding tert-OH is 1. The van der Waals surface area contributed by atoms with Gasteiger partial charge in [-0.15, -0.1) is 0 Å². The van der Waals surface area contributed by atoms with Crippen LogP contribution in [-0.2, 0) is 0 Å². The predicted octanol–water partition coefficient (Wildman–Crippen LogP) is 3.84. The maximum Gasteiger partial charge on any atom is 0.0881 e. The van der Waals surface area contributed by atoms with Gasteiger partial charge in [-0.25, -0.2) is 0 Å². The van der Waals surface area contributed by atoms with Crippen LogP contribution in [0.5, 0.6) is 0 Å². The van der Waals surface area contributed by atoms with Crippen LogP contribution in [0.2, 0.25) is 0 Å². The second-order valence-corrected chi connectivity index (χ2v) is 6.08. The van der Waals surface area contributed by atoms with Gasteiger partial charge in [0.05, 0.1) is 6.10 Å². The smallest absolute Gasteiger partial charge is 0.0881 e. The van der Waals surface area contributed by atoms with E-state index < -0.39 is 6.10 Å². The van der Waals surface area contributed by atoms with Gasteiger partial charge in [0.1, 0.15) is 0 Å². The molecule has 106 valence electrons. The maximum absolute atomic E-state index is 10.7. The molecular weight excluding hydrogens is 314 g/mol. The number of nitrogens with two attached hydrogens (primary N) is 1. The second kappa shape index (κ2) is 6.53. The van der Waals surface area contributed by atoms with Crippen LogP contribution in [0.4, 0.5) is 0 Å². The lowest BCUT2D eigenvalue weighted by atomic mass is 9.88. The van der Waals surface area contributed by atoms with Crippen molar-refractivity contribution in [2.45, 2.75) is 25.9 Å². The van der Waals surface area contributed by atoms with Crippen LogP contribution in [0, 0.1) is 13.8 Å². The summed E-state index contributed by atoms with van der Waals surface area (Å²) in [7, 11) is 0. The Labute approximate surface area is 128 Å². The van der Waals surface area contributed by atoms with Crippen LogP contribution in [-0.4, -0.2) is 11.7 Å². The average Bonchev–Trinajstić information content (AvgIpc) is 2.42. The highest BCUT2D eigenvalue weighted by molar-refractivity contribution is 9.10. The number of rotatable bonds is 4. The molecule has 0 fully saturated rings. The summed E-state index contributed by atoms with van der Waals surface area (Å²) in [5, 5.41) is 10.7. The molecule has 2 aromatic carbocycles. The summed E-state index contributed by atoms with van der Waals surface area (Å²) in [6.45, 7) is 4.48. The van der Waals surface area contributed by atoms with Gasteiger partial charge in [0, 0.05) is 16.9 Å². The molecule has 0 bridgehead atoms. The first-order valence-electron chi connectivity index (χ1n) is 6.73. The third-order valence-electron chi connectivity index (χ3n) is 3.58. The van der Waals surface area contributed by atoms with Gasteiger partial charge in [-0.05, 0) is 31.0 Å². The zero-order chi connectivity index (χ0) is 14.7. The van der Waals surface area contributed by atoms with Gasteiger partial charge in [-0.2, -0.15) is 0 Å². The number of hydrogen-bond donors (Lipinski definition) is 2. The first-order chi connectivity index (χ1) is 9.52. The number of benzene rings is 2. The molecule has 0 saturated carbocycles. The van der Waals surface area contributed by atoms with Gasteiger partial charge in [-0.1, -0.05) is 63.5 Å². The summed E-state index contributed by atoms with van der Waals surface area (Å²) in [6.07, 6.45) is -0.615. The molecule has 2 rings (SSSR count). The molecule has 20 heavy (non-hydrogen) atoms. The quantitative estimate of drug-likeness (QED) is 0.892. The molecule has 3 N–H and O–H groups in total. The number of halogens is 1. The minimum absolute atomic E-state index is 0.104. The topological polar surface area (TPSA) is 46.2 Å². The SMILES string of the molecule is Cc1cccc(C(CN)C(O)c2cc(C)ccc2Br)c1. The van der Waals surface area contributed by atoms with E-state index in [9.17, 15) is 5.11 Å². The lowest BCUT2D eigenvalue weighted by Gasteiger charge is -2.24. The molecule has 3 heteroatoms. The molecule has 0 spiro atoms. The predicted molar refractivity (Wildman–Crippen MR) is 86.8 cm³/mol. The minimum Gasteiger partial charge on any atom is -0.388 e. The Bertz CT molecular complexity index is 597.